The molecule has 3 N–H and O–H groups in total. The number of halogens is 1. The van der Waals surface area contributed by atoms with Gasteiger partial charge in [0.25, 0.3) is 0 Å². The van der Waals surface area contributed by atoms with Crippen LogP contribution in [0.15, 0.2) is 24.3 Å². The first-order valence-corrected chi connectivity index (χ1v) is 9.62. The first-order valence-electron chi connectivity index (χ1n) is 8.54. The van der Waals surface area contributed by atoms with E-state index in [2.05, 4.69) is 40.0 Å². The van der Waals surface area contributed by atoms with E-state index < -0.39 is 11.9 Å². The number of nitrogens with one attached hydrogen (secondary N) is 1. The first kappa shape index (κ1) is 22.4. The van der Waals surface area contributed by atoms with E-state index in [9.17, 15) is 14.4 Å². The third kappa shape index (κ3) is 11.0. The van der Waals surface area contributed by atoms with Crippen LogP contribution < -0.4 is 5.32 Å². The van der Waals surface area contributed by atoms with Crippen molar-refractivity contribution in [2.24, 2.45) is 0 Å². The fraction of sp³-hybridized carbons (Fsp3) is 0.500. The highest BCUT2D eigenvalue weighted by molar-refractivity contribution is 14.1. The molecule has 1 aromatic rings. The van der Waals surface area contributed by atoms with E-state index in [0.717, 1.165) is 12.8 Å². The lowest BCUT2D eigenvalue weighted by atomic mass is 10.1. The third-order valence-corrected chi connectivity index (χ3v) is 4.44. The molecule has 0 spiro atoms. The SMILES string of the molecule is O=C(O)CN(CCCCNC(=O)CCCc1ccc(I)cc1)CC(=O)O. The van der Waals surface area contributed by atoms with E-state index in [0.29, 0.717) is 32.4 Å². The van der Waals surface area contributed by atoms with Crippen molar-refractivity contribution < 1.29 is 24.6 Å². The molecule has 7 nitrogen and oxygen atoms in total. The van der Waals surface area contributed by atoms with Crippen LogP contribution in [0.5, 0.6) is 0 Å². The van der Waals surface area contributed by atoms with Crippen molar-refractivity contribution in [1.82, 2.24) is 10.2 Å². The number of aliphatic carboxylic acids is 2. The van der Waals surface area contributed by atoms with Gasteiger partial charge in [-0.15, -0.1) is 0 Å². The van der Waals surface area contributed by atoms with Crippen molar-refractivity contribution in [3.05, 3.63) is 33.4 Å². The van der Waals surface area contributed by atoms with Crippen molar-refractivity contribution in [1.29, 1.82) is 0 Å². The molecule has 8 heteroatoms. The molecule has 0 aliphatic carbocycles. The van der Waals surface area contributed by atoms with Crippen LogP contribution in [0.3, 0.4) is 0 Å². The molecule has 0 fully saturated rings. The number of rotatable bonds is 13. The van der Waals surface area contributed by atoms with Crippen LogP contribution in [0.25, 0.3) is 0 Å². The van der Waals surface area contributed by atoms with Crippen LogP contribution >= 0.6 is 22.6 Å². The van der Waals surface area contributed by atoms with Crippen molar-refractivity contribution in [3.63, 3.8) is 0 Å². The summed E-state index contributed by atoms with van der Waals surface area (Å²) in [7, 11) is 0. The molecule has 0 heterocycles. The second-order valence-electron chi connectivity index (χ2n) is 6.04. The van der Waals surface area contributed by atoms with E-state index >= 15 is 0 Å². The predicted molar refractivity (Wildman–Crippen MR) is 106 cm³/mol. The molecule has 0 bridgehead atoms. The molecule has 1 amide bonds. The van der Waals surface area contributed by atoms with Crippen molar-refractivity contribution in [2.45, 2.75) is 32.1 Å². The van der Waals surface area contributed by atoms with E-state index in [1.807, 2.05) is 12.1 Å². The Morgan fingerprint density at radius 3 is 2.15 bits per heavy atom. The number of carboxylic acids is 2. The van der Waals surface area contributed by atoms with Gasteiger partial charge in [0.05, 0.1) is 13.1 Å². The number of hydrogen-bond acceptors (Lipinski definition) is 4. The summed E-state index contributed by atoms with van der Waals surface area (Å²) in [5.74, 6) is -2.09. The maximum absolute atomic E-state index is 11.8. The van der Waals surface area contributed by atoms with Gasteiger partial charge >= 0.3 is 11.9 Å². The summed E-state index contributed by atoms with van der Waals surface area (Å²) in [6.07, 6.45) is 3.43. The molecule has 0 aliphatic rings. The maximum Gasteiger partial charge on any atom is 0.317 e. The number of unbranched alkanes of at least 4 members (excludes halogenated alkanes) is 1. The van der Waals surface area contributed by atoms with Gasteiger partial charge in [-0.05, 0) is 72.5 Å². The van der Waals surface area contributed by atoms with Gasteiger partial charge < -0.3 is 15.5 Å². The number of carbonyl (C=O) groups excluding carboxylic acids is 1. The van der Waals surface area contributed by atoms with Gasteiger partial charge in [-0.1, -0.05) is 12.1 Å². The average Bonchev–Trinajstić information content (AvgIpc) is 2.55. The molecule has 0 aliphatic heterocycles. The maximum atomic E-state index is 11.8. The zero-order valence-electron chi connectivity index (χ0n) is 14.6. The second kappa shape index (κ2) is 12.6. The quantitative estimate of drug-likeness (QED) is 0.297. The molecule has 144 valence electrons. The molecule has 0 atom stereocenters. The number of nitrogens with zero attached hydrogens (tertiary/aromatic N) is 1. The summed E-state index contributed by atoms with van der Waals surface area (Å²) in [5.41, 5.74) is 1.22. The van der Waals surface area contributed by atoms with Crippen LogP contribution in [-0.4, -0.2) is 59.1 Å². The highest BCUT2D eigenvalue weighted by Crippen LogP contribution is 2.09. The molecule has 0 saturated carbocycles. The molecular weight excluding hydrogens is 451 g/mol. The summed E-state index contributed by atoms with van der Waals surface area (Å²) in [4.78, 5) is 34.6. The molecule has 0 radical (unpaired) electrons. The summed E-state index contributed by atoms with van der Waals surface area (Å²) < 4.78 is 1.19. The predicted octanol–water partition coefficient (Wildman–Crippen LogP) is 1.98. The summed E-state index contributed by atoms with van der Waals surface area (Å²) in [6.45, 7) is 0.298. The Kier molecular flexibility index (Phi) is 10.9. The van der Waals surface area contributed by atoms with Crippen molar-refractivity contribution in [2.75, 3.05) is 26.2 Å². The molecule has 26 heavy (non-hydrogen) atoms. The molecule has 1 aromatic carbocycles. The number of amides is 1. The van der Waals surface area contributed by atoms with Crippen LogP contribution in [0.2, 0.25) is 0 Å². The van der Waals surface area contributed by atoms with Crippen molar-refractivity contribution in [3.8, 4) is 0 Å². The van der Waals surface area contributed by atoms with Gasteiger partial charge in [0.2, 0.25) is 5.91 Å². The van der Waals surface area contributed by atoms with Crippen LogP contribution in [0, 0.1) is 3.57 Å². The Morgan fingerprint density at radius 1 is 0.962 bits per heavy atom. The Bertz CT molecular complexity index is 576. The minimum Gasteiger partial charge on any atom is -0.480 e. The van der Waals surface area contributed by atoms with Gasteiger partial charge in [-0.3, -0.25) is 19.3 Å². The van der Waals surface area contributed by atoms with E-state index in [1.165, 1.54) is 14.0 Å². The second-order valence-corrected chi connectivity index (χ2v) is 7.28. The normalized spacial score (nSPS) is 10.7. The molecule has 0 saturated heterocycles. The Morgan fingerprint density at radius 2 is 1.58 bits per heavy atom. The Balaban J connectivity index is 2.12. The highest BCUT2D eigenvalue weighted by Gasteiger charge is 2.12. The van der Waals surface area contributed by atoms with E-state index in [-0.39, 0.29) is 19.0 Å². The van der Waals surface area contributed by atoms with Gasteiger partial charge in [-0.25, -0.2) is 0 Å². The standard InChI is InChI=1S/C18H25IN2O5/c19-15-8-6-14(7-9-15)4-3-5-16(22)20-10-1-2-11-21(12-17(23)24)13-18(25)26/h6-9H,1-5,10-13H2,(H,20,22)(H,23,24)(H,25,26). The average molecular weight is 476 g/mol. The topological polar surface area (TPSA) is 107 Å². The van der Waals surface area contributed by atoms with Gasteiger partial charge in [-0.2, -0.15) is 0 Å². The lowest BCUT2D eigenvalue weighted by Gasteiger charge is -2.17. The number of carboxylic acid groups (broad SMARTS) is 2. The molecule has 1 rings (SSSR count). The lowest BCUT2D eigenvalue weighted by molar-refractivity contribution is -0.141. The first-order chi connectivity index (χ1) is 12.4. The minimum absolute atomic E-state index is 0.00318. The zero-order valence-corrected chi connectivity index (χ0v) is 16.8. The smallest absolute Gasteiger partial charge is 0.317 e. The van der Waals surface area contributed by atoms with Gasteiger partial charge in [0, 0.05) is 16.5 Å². The molecule has 0 aromatic heterocycles. The van der Waals surface area contributed by atoms with Crippen LogP contribution in [-0.2, 0) is 20.8 Å². The number of carbonyl (C=O) groups is 3. The summed E-state index contributed by atoms with van der Waals surface area (Å²) >= 11 is 2.26. The number of hydrogen-bond donors (Lipinski definition) is 3. The zero-order chi connectivity index (χ0) is 19.4. The summed E-state index contributed by atoms with van der Waals surface area (Å²) in [5, 5.41) is 20.4. The monoisotopic (exact) mass is 476 g/mol. The number of aryl methyl sites for hydroxylation is 1. The van der Waals surface area contributed by atoms with Gasteiger partial charge in [0.15, 0.2) is 0 Å². The van der Waals surface area contributed by atoms with Crippen molar-refractivity contribution >= 4 is 40.4 Å². The highest BCUT2D eigenvalue weighted by atomic mass is 127. The largest absolute Gasteiger partial charge is 0.480 e. The van der Waals surface area contributed by atoms with E-state index in [1.54, 1.807) is 0 Å². The Labute approximate surface area is 166 Å². The summed E-state index contributed by atoms with van der Waals surface area (Å²) in [6, 6.07) is 8.24. The lowest BCUT2D eigenvalue weighted by Crippen LogP contribution is -2.35. The fourth-order valence-electron chi connectivity index (χ4n) is 2.48. The Hall–Kier alpha value is -1.68. The van der Waals surface area contributed by atoms with Gasteiger partial charge in [0.1, 0.15) is 0 Å². The molecule has 0 unspecified atom stereocenters. The minimum atomic E-state index is -1.05. The number of benzene rings is 1. The fourth-order valence-corrected chi connectivity index (χ4v) is 2.84. The molecular formula is C18H25IN2O5. The third-order valence-electron chi connectivity index (χ3n) is 3.72. The van der Waals surface area contributed by atoms with Crippen LogP contribution in [0.4, 0.5) is 0 Å². The van der Waals surface area contributed by atoms with E-state index in [4.69, 9.17) is 10.2 Å². The van der Waals surface area contributed by atoms with Crippen LogP contribution in [0.1, 0.15) is 31.2 Å².